The Kier molecular flexibility index (Phi) is 9.48. The van der Waals surface area contributed by atoms with Gasteiger partial charge in [-0.15, -0.1) is 0 Å². The van der Waals surface area contributed by atoms with Gasteiger partial charge in [0.1, 0.15) is 0 Å². The van der Waals surface area contributed by atoms with Crippen molar-refractivity contribution in [3.8, 4) is 0 Å². The molecule has 0 aromatic heterocycles. The lowest BCUT2D eigenvalue weighted by atomic mass is 10.2. The maximum Gasteiger partial charge on any atom is 0.347 e. The zero-order valence-corrected chi connectivity index (χ0v) is 11.8. The first-order valence-corrected chi connectivity index (χ1v) is 6.50. The highest BCUT2D eigenvalue weighted by Crippen LogP contribution is 2.07. The second-order valence-electron chi connectivity index (χ2n) is 4.02. The Labute approximate surface area is 113 Å². The van der Waals surface area contributed by atoms with Gasteiger partial charge in [0.2, 0.25) is 0 Å². The number of esters is 3. The van der Waals surface area contributed by atoms with Gasteiger partial charge in [-0.1, -0.05) is 13.8 Å². The van der Waals surface area contributed by atoms with Crippen molar-refractivity contribution in [2.24, 2.45) is 0 Å². The Hall–Kier alpha value is -1.59. The molecule has 0 saturated carbocycles. The van der Waals surface area contributed by atoms with E-state index in [1.165, 1.54) is 6.92 Å². The zero-order chi connectivity index (χ0) is 14.7. The molecule has 0 aliphatic heterocycles. The van der Waals surface area contributed by atoms with E-state index in [1.54, 1.807) is 0 Å². The second-order valence-corrected chi connectivity index (χ2v) is 4.02. The van der Waals surface area contributed by atoms with E-state index >= 15 is 0 Å². The van der Waals surface area contributed by atoms with E-state index in [4.69, 9.17) is 14.2 Å². The molecule has 19 heavy (non-hydrogen) atoms. The first-order valence-electron chi connectivity index (χ1n) is 6.50. The van der Waals surface area contributed by atoms with Crippen LogP contribution in [0, 0.1) is 0 Å². The normalized spacial score (nSPS) is 11.5. The minimum atomic E-state index is -1.04. The number of rotatable bonds is 9. The smallest absolute Gasteiger partial charge is 0.347 e. The summed E-state index contributed by atoms with van der Waals surface area (Å²) in [6.07, 6.45) is 0.455. The lowest BCUT2D eigenvalue weighted by molar-refractivity contribution is -0.168. The van der Waals surface area contributed by atoms with E-state index in [2.05, 4.69) is 0 Å². The molecule has 0 amide bonds. The van der Waals surface area contributed by atoms with Crippen molar-refractivity contribution < 1.29 is 28.6 Å². The molecule has 1 atom stereocenters. The van der Waals surface area contributed by atoms with Crippen LogP contribution >= 0.6 is 0 Å². The third-order valence-electron chi connectivity index (χ3n) is 2.10. The minimum Gasteiger partial charge on any atom is -0.466 e. The van der Waals surface area contributed by atoms with Crippen molar-refractivity contribution >= 4 is 17.9 Å². The molecule has 0 spiro atoms. The minimum absolute atomic E-state index is 0.0131. The van der Waals surface area contributed by atoms with Crippen molar-refractivity contribution in [1.29, 1.82) is 0 Å². The van der Waals surface area contributed by atoms with Crippen LogP contribution in [0.5, 0.6) is 0 Å². The molecule has 1 unspecified atom stereocenters. The maximum absolute atomic E-state index is 11.6. The van der Waals surface area contributed by atoms with E-state index in [-0.39, 0.29) is 19.4 Å². The topological polar surface area (TPSA) is 78.9 Å². The summed E-state index contributed by atoms with van der Waals surface area (Å²) in [4.78, 5) is 33.8. The summed E-state index contributed by atoms with van der Waals surface area (Å²) in [5.41, 5.74) is 0. The van der Waals surface area contributed by atoms with Gasteiger partial charge < -0.3 is 14.2 Å². The maximum atomic E-state index is 11.6. The summed E-state index contributed by atoms with van der Waals surface area (Å²) in [5.74, 6) is -1.62. The van der Waals surface area contributed by atoms with Gasteiger partial charge in [-0.05, 0) is 12.8 Å². The fourth-order valence-electron chi connectivity index (χ4n) is 1.26. The number of hydrogen-bond acceptors (Lipinski definition) is 6. The summed E-state index contributed by atoms with van der Waals surface area (Å²) in [6.45, 7) is 5.55. The van der Waals surface area contributed by atoms with Crippen LogP contribution < -0.4 is 0 Å². The first kappa shape index (κ1) is 17.4. The SMILES string of the molecule is CCCOC(=O)CCC(OC(C)=O)C(=O)OCCC. The van der Waals surface area contributed by atoms with Gasteiger partial charge in [-0.25, -0.2) is 4.79 Å². The van der Waals surface area contributed by atoms with Gasteiger partial charge in [0.25, 0.3) is 0 Å². The fourth-order valence-corrected chi connectivity index (χ4v) is 1.26. The van der Waals surface area contributed by atoms with Crippen LogP contribution in [0.25, 0.3) is 0 Å². The molecule has 0 aromatic carbocycles. The summed E-state index contributed by atoms with van der Waals surface area (Å²) < 4.78 is 14.6. The van der Waals surface area contributed by atoms with Gasteiger partial charge >= 0.3 is 17.9 Å². The highest BCUT2D eigenvalue weighted by molar-refractivity contribution is 5.79. The highest BCUT2D eigenvalue weighted by atomic mass is 16.6. The van der Waals surface area contributed by atoms with Gasteiger partial charge in [0, 0.05) is 19.8 Å². The van der Waals surface area contributed by atoms with Crippen molar-refractivity contribution in [3.05, 3.63) is 0 Å². The van der Waals surface area contributed by atoms with E-state index in [0.29, 0.717) is 13.0 Å². The first-order chi connectivity index (χ1) is 9.01. The van der Waals surface area contributed by atoms with Crippen LogP contribution in [0.1, 0.15) is 46.5 Å². The Morgan fingerprint density at radius 1 is 1.00 bits per heavy atom. The summed E-state index contributed by atoms with van der Waals surface area (Å²) in [7, 11) is 0. The van der Waals surface area contributed by atoms with Crippen LogP contribution in [0.2, 0.25) is 0 Å². The van der Waals surface area contributed by atoms with Crippen LogP contribution in [0.3, 0.4) is 0 Å². The van der Waals surface area contributed by atoms with Crippen LogP contribution in [-0.2, 0) is 28.6 Å². The second kappa shape index (κ2) is 10.3. The van der Waals surface area contributed by atoms with Crippen LogP contribution in [-0.4, -0.2) is 37.2 Å². The van der Waals surface area contributed by atoms with Crippen molar-refractivity contribution in [3.63, 3.8) is 0 Å². The van der Waals surface area contributed by atoms with Gasteiger partial charge in [-0.3, -0.25) is 9.59 Å². The van der Waals surface area contributed by atoms with Crippen molar-refractivity contribution in [1.82, 2.24) is 0 Å². The molecule has 110 valence electrons. The number of carbonyl (C=O) groups excluding carboxylic acids is 3. The number of ether oxygens (including phenoxy) is 3. The van der Waals surface area contributed by atoms with Gasteiger partial charge in [-0.2, -0.15) is 0 Å². The predicted octanol–water partition coefficient (Wildman–Crippen LogP) is 1.60. The van der Waals surface area contributed by atoms with Gasteiger partial charge in [0.15, 0.2) is 6.10 Å². The highest BCUT2D eigenvalue weighted by Gasteiger charge is 2.24. The third kappa shape index (κ3) is 9.04. The molecule has 0 bridgehead atoms. The number of hydrogen-bond donors (Lipinski definition) is 0. The molecular formula is C13H22O6. The van der Waals surface area contributed by atoms with Crippen molar-refractivity contribution in [2.75, 3.05) is 13.2 Å². The zero-order valence-electron chi connectivity index (χ0n) is 11.8. The molecule has 0 radical (unpaired) electrons. The fraction of sp³-hybridized carbons (Fsp3) is 0.769. The van der Waals surface area contributed by atoms with E-state index < -0.39 is 24.0 Å². The Balaban J connectivity index is 4.22. The number of carbonyl (C=O) groups is 3. The van der Waals surface area contributed by atoms with E-state index in [1.807, 2.05) is 13.8 Å². The molecule has 0 heterocycles. The molecule has 6 heteroatoms. The molecule has 0 aromatic rings. The van der Waals surface area contributed by atoms with Crippen molar-refractivity contribution in [2.45, 2.75) is 52.6 Å². The third-order valence-corrected chi connectivity index (χ3v) is 2.10. The van der Waals surface area contributed by atoms with E-state index in [9.17, 15) is 14.4 Å². The summed E-state index contributed by atoms with van der Waals surface area (Å²) >= 11 is 0. The summed E-state index contributed by atoms with van der Waals surface area (Å²) in [5, 5.41) is 0. The molecule has 0 aliphatic rings. The molecule has 6 nitrogen and oxygen atoms in total. The molecular weight excluding hydrogens is 252 g/mol. The molecule has 0 aliphatic carbocycles. The Morgan fingerprint density at radius 3 is 2.11 bits per heavy atom. The van der Waals surface area contributed by atoms with Crippen LogP contribution in [0.4, 0.5) is 0 Å². The quantitative estimate of drug-likeness (QED) is 0.469. The molecule has 0 fully saturated rings. The summed E-state index contributed by atoms with van der Waals surface area (Å²) in [6, 6.07) is 0. The predicted molar refractivity (Wildman–Crippen MR) is 67.3 cm³/mol. The standard InChI is InChI=1S/C13H22O6/c1-4-8-17-12(15)7-6-11(19-10(3)14)13(16)18-9-5-2/h11H,4-9H2,1-3H3. The Bertz CT molecular complexity index is 300. The Morgan fingerprint density at radius 2 is 1.58 bits per heavy atom. The van der Waals surface area contributed by atoms with Gasteiger partial charge in [0.05, 0.1) is 13.2 Å². The average molecular weight is 274 g/mol. The molecule has 0 N–H and O–H groups in total. The van der Waals surface area contributed by atoms with E-state index in [0.717, 1.165) is 6.42 Å². The lowest BCUT2D eigenvalue weighted by Crippen LogP contribution is -2.29. The largest absolute Gasteiger partial charge is 0.466 e. The lowest BCUT2D eigenvalue weighted by Gasteiger charge is -2.15. The monoisotopic (exact) mass is 274 g/mol. The van der Waals surface area contributed by atoms with Crippen LogP contribution in [0.15, 0.2) is 0 Å². The molecule has 0 saturated heterocycles. The average Bonchev–Trinajstić information content (AvgIpc) is 2.37. The molecule has 0 rings (SSSR count).